The number of hydrogen-bond donors (Lipinski definition) is 1. The Balaban J connectivity index is 1.44. The van der Waals surface area contributed by atoms with E-state index >= 15 is 0 Å². The van der Waals surface area contributed by atoms with Crippen LogP contribution in [0.3, 0.4) is 0 Å². The van der Waals surface area contributed by atoms with Crippen LogP contribution in [-0.2, 0) is 11.3 Å². The Morgan fingerprint density at radius 3 is 3.00 bits per heavy atom. The van der Waals surface area contributed by atoms with Crippen molar-refractivity contribution >= 4 is 27.5 Å². The number of carbonyl (C=O) groups excluding carboxylic acids is 1. The largest absolute Gasteiger partial charge is 0.352 e. The van der Waals surface area contributed by atoms with Crippen LogP contribution in [0.4, 0.5) is 0 Å². The van der Waals surface area contributed by atoms with Crippen LogP contribution in [0.25, 0.3) is 10.2 Å². The molecule has 0 unspecified atom stereocenters. The van der Waals surface area contributed by atoms with Crippen LogP contribution >= 0.6 is 11.3 Å². The first kappa shape index (κ1) is 14.9. The zero-order chi connectivity index (χ0) is 16.0. The minimum Gasteiger partial charge on any atom is -0.352 e. The molecule has 0 radical (unpaired) electrons. The summed E-state index contributed by atoms with van der Waals surface area (Å²) in [7, 11) is 0. The number of aromatic nitrogens is 1. The lowest BCUT2D eigenvalue weighted by molar-refractivity contribution is -0.122. The van der Waals surface area contributed by atoms with E-state index in [1.54, 1.807) is 12.3 Å². The molecule has 2 fully saturated rings. The van der Waals surface area contributed by atoms with Crippen molar-refractivity contribution in [2.45, 2.75) is 45.2 Å². The number of carbonyl (C=O) groups is 1. The molecule has 5 heteroatoms. The van der Waals surface area contributed by atoms with Gasteiger partial charge in [0.15, 0.2) is 5.43 Å². The van der Waals surface area contributed by atoms with E-state index in [0.29, 0.717) is 5.92 Å². The first-order valence-corrected chi connectivity index (χ1v) is 9.36. The average Bonchev–Trinajstić information content (AvgIpc) is 3.25. The van der Waals surface area contributed by atoms with Crippen LogP contribution in [0.2, 0.25) is 0 Å². The highest BCUT2D eigenvalue weighted by Gasteiger charge is 2.42. The van der Waals surface area contributed by atoms with Gasteiger partial charge in [-0.05, 0) is 55.4 Å². The molecule has 1 amide bonds. The third-order valence-corrected chi connectivity index (χ3v) is 6.64. The third kappa shape index (κ3) is 2.71. The van der Waals surface area contributed by atoms with Crippen molar-refractivity contribution < 1.29 is 4.79 Å². The number of thiophene rings is 1. The number of hydrogen-bond acceptors (Lipinski definition) is 3. The Bertz CT molecular complexity index is 794. The van der Waals surface area contributed by atoms with E-state index in [0.717, 1.165) is 22.1 Å². The summed E-state index contributed by atoms with van der Waals surface area (Å²) in [6, 6.07) is 3.70. The predicted octanol–water partition coefficient (Wildman–Crippen LogP) is 3.00. The maximum absolute atomic E-state index is 12.4. The lowest BCUT2D eigenvalue weighted by atomic mass is 9.84. The van der Waals surface area contributed by atoms with Crippen LogP contribution in [0.15, 0.2) is 28.5 Å². The van der Waals surface area contributed by atoms with Crippen molar-refractivity contribution in [1.29, 1.82) is 0 Å². The summed E-state index contributed by atoms with van der Waals surface area (Å²) in [5, 5.41) is 5.09. The molecule has 0 spiro atoms. The number of fused-ring (bicyclic) bond motifs is 3. The molecule has 122 valence electrons. The number of nitrogens with one attached hydrogen (secondary N) is 1. The fraction of sp³-hybridized carbons (Fsp3) is 0.556. The molecule has 2 aliphatic rings. The van der Waals surface area contributed by atoms with Crippen molar-refractivity contribution in [2.24, 2.45) is 17.8 Å². The van der Waals surface area contributed by atoms with E-state index in [2.05, 4.69) is 12.2 Å². The molecule has 0 aliphatic heterocycles. The number of pyridine rings is 1. The van der Waals surface area contributed by atoms with E-state index in [-0.39, 0.29) is 23.9 Å². The normalized spacial score (nSPS) is 27.4. The van der Waals surface area contributed by atoms with Gasteiger partial charge in [-0.2, -0.15) is 0 Å². The minimum absolute atomic E-state index is 0.0296. The zero-order valence-electron chi connectivity index (χ0n) is 13.3. The lowest BCUT2D eigenvalue weighted by Gasteiger charge is -2.28. The van der Waals surface area contributed by atoms with Gasteiger partial charge >= 0.3 is 0 Å². The molecule has 23 heavy (non-hydrogen) atoms. The van der Waals surface area contributed by atoms with Crippen molar-refractivity contribution in [3.63, 3.8) is 0 Å². The van der Waals surface area contributed by atoms with Crippen molar-refractivity contribution in [3.8, 4) is 0 Å². The van der Waals surface area contributed by atoms with Gasteiger partial charge < -0.3 is 9.88 Å². The first-order chi connectivity index (χ1) is 11.1. The molecule has 2 aromatic rings. The van der Waals surface area contributed by atoms with E-state index < -0.39 is 0 Å². The maximum Gasteiger partial charge on any atom is 0.240 e. The average molecular weight is 330 g/mol. The fourth-order valence-corrected chi connectivity index (χ4v) is 5.46. The summed E-state index contributed by atoms with van der Waals surface area (Å²) in [5.41, 5.74) is 0.882. The van der Waals surface area contributed by atoms with E-state index in [1.165, 1.54) is 37.0 Å². The molecule has 1 N–H and O–H groups in total. The molecule has 2 heterocycles. The second-order valence-electron chi connectivity index (χ2n) is 7.14. The molecule has 0 saturated heterocycles. The smallest absolute Gasteiger partial charge is 0.240 e. The van der Waals surface area contributed by atoms with Gasteiger partial charge in [0, 0.05) is 18.3 Å². The lowest BCUT2D eigenvalue weighted by Crippen LogP contribution is -2.41. The second-order valence-corrected chi connectivity index (χ2v) is 8.05. The monoisotopic (exact) mass is 330 g/mol. The summed E-state index contributed by atoms with van der Waals surface area (Å²) >= 11 is 1.43. The predicted molar refractivity (Wildman–Crippen MR) is 92.6 cm³/mol. The zero-order valence-corrected chi connectivity index (χ0v) is 14.1. The number of nitrogens with zero attached hydrogens (tertiary/aromatic N) is 1. The summed E-state index contributed by atoms with van der Waals surface area (Å²) < 4.78 is 2.59. The van der Waals surface area contributed by atoms with E-state index in [1.807, 2.05) is 16.0 Å². The molecule has 2 aliphatic carbocycles. The Morgan fingerprint density at radius 1 is 1.39 bits per heavy atom. The summed E-state index contributed by atoms with van der Waals surface area (Å²) in [5.74, 6) is 2.39. The van der Waals surface area contributed by atoms with Gasteiger partial charge in [0.25, 0.3) is 0 Å². The van der Waals surface area contributed by atoms with Crippen LogP contribution in [0.1, 0.15) is 32.6 Å². The fourth-order valence-electron chi connectivity index (χ4n) is 4.63. The third-order valence-electron chi connectivity index (χ3n) is 5.72. The number of rotatable bonds is 4. The molecule has 4 atom stereocenters. The van der Waals surface area contributed by atoms with Crippen molar-refractivity contribution in [3.05, 3.63) is 33.9 Å². The van der Waals surface area contributed by atoms with Crippen LogP contribution in [0.5, 0.6) is 0 Å². The molecule has 2 saturated carbocycles. The molecule has 2 bridgehead atoms. The molecular formula is C18H22N2O2S. The highest BCUT2D eigenvalue weighted by molar-refractivity contribution is 7.17. The summed E-state index contributed by atoms with van der Waals surface area (Å²) in [4.78, 5) is 24.2. The van der Waals surface area contributed by atoms with Crippen molar-refractivity contribution in [2.75, 3.05) is 0 Å². The van der Waals surface area contributed by atoms with Gasteiger partial charge in [0.05, 0.1) is 10.2 Å². The van der Waals surface area contributed by atoms with Crippen LogP contribution in [0, 0.1) is 17.8 Å². The Labute approximate surface area is 139 Å². The quantitative estimate of drug-likeness (QED) is 0.937. The summed E-state index contributed by atoms with van der Waals surface area (Å²) in [6.45, 7) is 2.42. The van der Waals surface area contributed by atoms with Gasteiger partial charge in [-0.15, -0.1) is 11.3 Å². The van der Waals surface area contributed by atoms with Gasteiger partial charge in [-0.3, -0.25) is 9.59 Å². The Morgan fingerprint density at radius 2 is 2.26 bits per heavy atom. The molecule has 2 aromatic heterocycles. The van der Waals surface area contributed by atoms with E-state index in [9.17, 15) is 9.59 Å². The number of amides is 1. The SMILES string of the molecule is C[C@H](NC(=O)Cn1ccc(=O)c2sccc21)[C@H]1C[C@H]2CC[C@H]1C2. The standard InChI is InChI=1S/C18H22N2O2S/c1-11(14-9-12-2-3-13(14)8-12)19-17(22)10-20-6-4-16(21)18-15(20)5-7-23-18/h4-7,11-14H,2-3,8-10H2,1H3,(H,19,22)/t11-,12-,13-,14+/m0/s1. The van der Waals surface area contributed by atoms with Gasteiger partial charge in [0.1, 0.15) is 6.54 Å². The maximum atomic E-state index is 12.4. The molecule has 0 aromatic carbocycles. The minimum atomic E-state index is 0.0296. The Kier molecular flexibility index (Phi) is 3.76. The first-order valence-electron chi connectivity index (χ1n) is 8.48. The van der Waals surface area contributed by atoms with Gasteiger partial charge in [0.2, 0.25) is 5.91 Å². The molecular weight excluding hydrogens is 308 g/mol. The Hall–Kier alpha value is -1.62. The van der Waals surface area contributed by atoms with Crippen LogP contribution < -0.4 is 10.7 Å². The van der Waals surface area contributed by atoms with Gasteiger partial charge in [-0.25, -0.2) is 0 Å². The van der Waals surface area contributed by atoms with E-state index in [4.69, 9.17) is 0 Å². The van der Waals surface area contributed by atoms with Crippen molar-refractivity contribution in [1.82, 2.24) is 9.88 Å². The highest BCUT2D eigenvalue weighted by Crippen LogP contribution is 2.49. The molecule has 4 rings (SSSR count). The second kappa shape index (κ2) is 5.78. The highest BCUT2D eigenvalue weighted by atomic mass is 32.1. The molecule has 4 nitrogen and oxygen atoms in total. The summed E-state index contributed by atoms with van der Waals surface area (Å²) in [6.07, 6.45) is 7.08. The van der Waals surface area contributed by atoms with Crippen LogP contribution in [-0.4, -0.2) is 16.5 Å². The van der Waals surface area contributed by atoms with Gasteiger partial charge in [-0.1, -0.05) is 6.42 Å². The topological polar surface area (TPSA) is 51.1 Å².